The molecule has 3 aromatic carbocycles. The summed E-state index contributed by atoms with van der Waals surface area (Å²) >= 11 is 0. The Balaban J connectivity index is 1.83. The van der Waals surface area contributed by atoms with Crippen molar-refractivity contribution in [1.82, 2.24) is 16.0 Å². The molecule has 0 aromatic heterocycles. The summed E-state index contributed by atoms with van der Waals surface area (Å²) < 4.78 is 5.43. The maximum Gasteiger partial charge on any atom is 0.408 e. The summed E-state index contributed by atoms with van der Waals surface area (Å²) in [5.41, 5.74) is 1.67. The van der Waals surface area contributed by atoms with Crippen molar-refractivity contribution in [3.05, 3.63) is 83.9 Å². The molecule has 0 fully saturated rings. The molecule has 3 amide bonds. The standard InChI is InChI=1S/C35H47N3O6/c1-5-6-19-29(33(41)37-30(20-23(2)3)32(40)24(4)39)36-34(42)31(38-35(43)44-22-25-13-8-7-9-14-25)21-27-17-12-16-26-15-10-11-18-28(26)27/h7-18,23-24,29-32,39-40H,5-6,19-22H2,1-4H3,(H,36,42)(H,37,41)(H,38,43)/t24?,29-,30-,31-,32?/m0/s1. The molecule has 0 bridgehead atoms. The summed E-state index contributed by atoms with van der Waals surface area (Å²) in [5, 5.41) is 31.0. The molecule has 0 aliphatic heterocycles. The van der Waals surface area contributed by atoms with E-state index in [-0.39, 0.29) is 18.9 Å². The van der Waals surface area contributed by atoms with Crippen molar-refractivity contribution < 1.29 is 29.3 Å². The van der Waals surface area contributed by atoms with Gasteiger partial charge in [-0.15, -0.1) is 0 Å². The number of aliphatic hydroxyl groups excluding tert-OH is 2. The van der Waals surface area contributed by atoms with Crippen LogP contribution in [-0.4, -0.2) is 58.5 Å². The Hall–Kier alpha value is -3.95. The van der Waals surface area contributed by atoms with E-state index in [1.807, 2.05) is 93.6 Å². The number of hydrogen-bond donors (Lipinski definition) is 5. The Morgan fingerprint density at radius 3 is 2.14 bits per heavy atom. The number of nitrogens with one attached hydrogen (secondary N) is 3. The molecule has 3 aromatic rings. The molecule has 0 saturated carbocycles. The van der Waals surface area contributed by atoms with Crippen LogP contribution in [0.4, 0.5) is 4.79 Å². The quantitative estimate of drug-likeness (QED) is 0.162. The minimum Gasteiger partial charge on any atom is -0.445 e. The summed E-state index contributed by atoms with van der Waals surface area (Å²) in [7, 11) is 0. The second kappa shape index (κ2) is 17.4. The monoisotopic (exact) mass is 605 g/mol. The normalized spacial score (nSPS) is 14.7. The van der Waals surface area contributed by atoms with Crippen LogP contribution >= 0.6 is 0 Å². The molecule has 9 nitrogen and oxygen atoms in total. The van der Waals surface area contributed by atoms with E-state index in [0.29, 0.717) is 19.3 Å². The predicted octanol–water partition coefficient (Wildman–Crippen LogP) is 4.62. The topological polar surface area (TPSA) is 137 Å². The number of fused-ring (bicyclic) bond motifs is 1. The molecular weight excluding hydrogens is 558 g/mol. The van der Waals surface area contributed by atoms with E-state index in [0.717, 1.165) is 28.3 Å². The first kappa shape index (κ1) is 34.5. The second-order valence-electron chi connectivity index (χ2n) is 11.8. The fraction of sp³-hybridized carbons (Fsp3) is 0.457. The maximum atomic E-state index is 13.8. The highest BCUT2D eigenvalue weighted by molar-refractivity contribution is 5.92. The Labute approximate surface area is 260 Å². The van der Waals surface area contributed by atoms with Crippen LogP contribution in [0.2, 0.25) is 0 Å². The lowest BCUT2D eigenvalue weighted by Gasteiger charge is -2.30. The van der Waals surface area contributed by atoms with E-state index in [2.05, 4.69) is 16.0 Å². The number of ether oxygens (including phenoxy) is 1. The Morgan fingerprint density at radius 2 is 1.45 bits per heavy atom. The first-order chi connectivity index (χ1) is 21.1. The lowest BCUT2D eigenvalue weighted by atomic mass is 9.95. The van der Waals surface area contributed by atoms with E-state index in [4.69, 9.17) is 4.74 Å². The van der Waals surface area contributed by atoms with Crippen LogP contribution < -0.4 is 16.0 Å². The Bertz CT molecular complexity index is 1340. The van der Waals surface area contributed by atoms with Crippen LogP contribution in [0.1, 0.15) is 64.5 Å². The van der Waals surface area contributed by atoms with Crippen LogP contribution in [0.15, 0.2) is 72.8 Å². The third kappa shape index (κ3) is 10.6. The molecule has 9 heteroatoms. The van der Waals surface area contributed by atoms with Crippen molar-refractivity contribution in [2.45, 2.75) is 96.7 Å². The number of hydrogen-bond acceptors (Lipinski definition) is 6. The highest BCUT2D eigenvalue weighted by Gasteiger charge is 2.31. The summed E-state index contributed by atoms with van der Waals surface area (Å²) in [6.07, 6.45) is -0.491. The average molecular weight is 606 g/mol. The van der Waals surface area contributed by atoms with Crippen LogP contribution in [0, 0.1) is 5.92 Å². The molecule has 0 aliphatic rings. The lowest BCUT2D eigenvalue weighted by molar-refractivity contribution is -0.131. The summed E-state index contributed by atoms with van der Waals surface area (Å²) in [6, 6.07) is 20.2. The number of unbranched alkanes of at least 4 members (excludes halogenated alkanes) is 1. The first-order valence-corrected chi connectivity index (χ1v) is 15.5. The van der Waals surface area contributed by atoms with Gasteiger partial charge in [-0.1, -0.05) is 106 Å². The maximum absolute atomic E-state index is 13.8. The van der Waals surface area contributed by atoms with Crippen molar-refractivity contribution in [2.75, 3.05) is 0 Å². The van der Waals surface area contributed by atoms with Gasteiger partial charge in [0, 0.05) is 6.42 Å². The van der Waals surface area contributed by atoms with Gasteiger partial charge in [0.1, 0.15) is 18.7 Å². The van der Waals surface area contributed by atoms with E-state index in [9.17, 15) is 24.6 Å². The van der Waals surface area contributed by atoms with Gasteiger partial charge in [-0.3, -0.25) is 9.59 Å². The highest BCUT2D eigenvalue weighted by Crippen LogP contribution is 2.20. The molecule has 0 radical (unpaired) electrons. The molecular formula is C35H47N3O6. The van der Waals surface area contributed by atoms with Crippen molar-refractivity contribution in [3.8, 4) is 0 Å². The lowest BCUT2D eigenvalue weighted by Crippen LogP contribution is -2.57. The van der Waals surface area contributed by atoms with Crippen LogP contribution in [0.3, 0.4) is 0 Å². The molecule has 0 aliphatic carbocycles. The zero-order valence-corrected chi connectivity index (χ0v) is 26.2. The van der Waals surface area contributed by atoms with Crippen LogP contribution in [0.25, 0.3) is 10.8 Å². The molecule has 238 valence electrons. The van der Waals surface area contributed by atoms with E-state index in [1.165, 1.54) is 6.92 Å². The highest BCUT2D eigenvalue weighted by atomic mass is 16.5. The minimum absolute atomic E-state index is 0.0413. The molecule has 2 unspecified atom stereocenters. The number of aliphatic hydroxyl groups is 2. The van der Waals surface area contributed by atoms with Gasteiger partial charge in [0.25, 0.3) is 0 Å². The zero-order valence-electron chi connectivity index (χ0n) is 26.2. The number of benzene rings is 3. The fourth-order valence-electron chi connectivity index (χ4n) is 5.17. The Morgan fingerprint density at radius 1 is 0.795 bits per heavy atom. The smallest absolute Gasteiger partial charge is 0.408 e. The van der Waals surface area contributed by atoms with E-state index < -0.39 is 48.2 Å². The SMILES string of the molecule is CCCC[C@H](NC(=O)[C@H](Cc1cccc2ccccc12)NC(=O)OCc1ccccc1)C(=O)N[C@@H](CC(C)C)C(O)C(C)O. The molecule has 5 N–H and O–H groups in total. The Kier molecular flexibility index (Phi) is 13.6. The van der Waals surface area contributed by atoms with Gasteiger partial charge < -0.3 is 30.9 Å². The largest absolute Gasteiger partial charge is 0.445 e. The van der Waals surface area contributed by atoms with Gasteiger partial charge in [-0.25, -0.2) is 4.79 Å². The van der Waals surface area contributed by atoms with Crippen molar-refractivity contribution in [1.29, 1.82) is 0 Å². The van der Waals surface area contributed by atoms with Crippen molar-refractivity contribution in [3.63, 3.8) is 0 Å². The molecule has 0 heterocycles. The first-order valence-electron chi connectivity index (χ1n) is 15.5. The predicted molar refractivity (Wildman–Crippen MR) is 172 cm³/mol. The molecule has 3 rings (SSSR count). The van der Waals surface area contributed by atoms with Crippen molar-refractivity contribution in [2.24, 2.45) is 5.92 Å². The fourth-order valence-corrected chi connectivity index (χ4v) is 5.17. The van der Waals surface area contributed by atoms with E-state index >= 15 is 0 Å². The summed E-state index contributed by atoms with van der Waals surface area (Å²) in [5.74, 6) is -0.830. The third-order valence-corrected chi connectivity index (χ3v) is 7.56. The van der Waals surface area contributed by atoms with Crippen molar-refractivity contribution >= 4 is 28.7 Å². The molecule has 0 saturated heterocycles. The van der Waals surface area contributed by atoms with Crippen LogP contribution in [0.5, 0.6) is 0 Å². The summed E-state index contributed by atoms with van der Waals surface area (Å²) in [6.45, 7) is 7.43. The second-order valence-corrected chi connectivity index (χ2v) is 11.8. The number of carbonyl (C=O) groups is 3. The minimum atomic E-state index is -1.16. The van der Waals surface area contributed by atoms with Gasteiger partial charge in [-0.05, 0) is 47.6 Å². The molecule has 5 atom stereocenters. The van der Waals surface area contributed by atoms with Gasteiger partial charge >= 0.3 is 6.09 Å². The average Bonchev–Trinajstić information content (AvgIpc) is 3.01. The zero-order chi connectivity index (χ0) is 32.1. The summed E-state index contributed by atoms with van der Waals surface area (Å²) in [4.78, 5) is 40.3. The third-order valence-electron chi connectivity index (χ3n) is 7.56. The number of alkyl carbamates (subject to hydrolysis) is 1. The van der Waals surface area contributed by atoms with Gasteiger partial charge in [0.05, 0.1) is 18.2 Å². The van der Waals surface area contributed by atoms with E-state index in [1.54, 1.807) is 0 Å². The van der Waals surface area contributed by atoms with Crippen LogP contribution in [-0.2, 0) is 27.4 Å². The van der Waals surface area contributed by atoms with Gasteiger partial charge in [0.15, 0.2) is 0 Å². The van der Waals surface area contributed by atoms with Gasteiger partial charge in [0.2, 0.25) is 11.8 Å². The number of carbonyl (C=O) groups excluding carboxylic acids is 3. The number of rotatable bonds is 16. The van der Waals surface area contributed by atoms with Gasteiger partial charge in [-0.2, -0.15) is 0 Å². The number of amides is 3. The molecule has 44 heavy (non-hydrogen) atoms. The molecule has 0 spiro atoms.